The lowest BCUT2D eigenvalue weighted by atomic mass is 10.1. The molecule has 0 aliphatic rings. The Bertz CT molecular complexity index is 592. The first-order valence-electron chi connectivity index (χ1n) is 6.66. The summed E-state index contributed by atoms with van der Waals surface area (Å²) in [6, 6.07) is 8.44. The van der Waals surface area contributed by atoms with Crippen LogP contribution in [0.2, 0.25) is 0 Å². The number of hydrogen-bond donors (Lipinski definition) is 1. The molecule has 0 saturated heterocycles. The number of esters is 1. The molecule has 1 aromatic heterocycles. The Morgan fingerprint density at radius 2 is 2.10 bits per heavy atom. The van der Waals surface area contributed by atoms with Crippen LogP contribution in [0.4, 0.5) is 0 Å². The van der Waals surface area contributed by atoms with Crippen molar-refractivity contribution in [3.63, 3.8) is 0 Å². The van der Waals surface area contributed by atoms with E-state index in [-0.39, 0.29) is 6.42 Å². The van der Waals surface area contributed by atoms with Gasteiger partial charge in [-0.15, -0.1) is 0 Å². The number of rotatable bonds is 6. The monoisotopic (exact) mass is 290 g/mol. The molecular formula is C15H18N2O4. The van der Waals surface area contributed by atoms with E-state index in [9.17, 15) is 4.79 Å². The third-order valence-electron chi connectivity index (χ3n) is 2.95. The lowest BCUT2D eigenvalue weighted by molar-refractivity contribution is -0.144. The van der Waals surface area contributed by atoms with E-state index in [1.165, 1.54) is 0 Å². The SMILES string of the molecule is CCOC(=O)C(N)Cc1cc(-c2ccc(OC)cc2)on1. The van der Waals surface area contributed by atoms with Gasteiger partial charge in [-0.2, -0.15) is 0 Å². The quantitative estimate of drug-likeness (QED) is 0.816. The highest BCUT2D eigenvalue weighted by Gasteiger charge is 2.17. The summed E-state index contributed by atoms with van der Waals surface area (Å²) < 4.78 is 15.2. The lowest BCUT2D eigenvalue weighted by Gasteiger charge is -2.07. The molecule has 6 heteroatoms. The maximum atomic E-state index is 11.5. The van der Waals surface area contributed by atoms with Gasteiger partial charge >= 0.3 is 5.97 Å². The second-order valence-corrected chi connectivity index (χ2v) is 4.47. The molecule has 1 aromatic carbocycles. The average molecular weight is 290 g/mol. The minimum Gasteiger partial charge on any atom is -0.497 e. The second-order valence-electron chi connectivity index (χ2n) is 4.47. The van der Waals surface area contributed by atoms with Crippen molar-refractivity contribution in [1.29, 1.82) is 0 Å². The number of carbonyl (C=O) groups excluding carboxylic acids is 1. The molecule has 2 aromatic rings. The molecule has 2 rings (SSSR count). The molecule has 0 bridgehead atoms. The van der Waals surface area contributed by atoms with Gasteiger partial charge in [0.1, 0.15) is 11.8 Å². The lowest BCUT2D eigenvalue weighted by Crippen LogP contribution is -2.34. The van der Waals surface area contributed by atoms with Crippen LogP contribution in [0.5, 0.6) is 5.75 Å². The summed E-state index contributed by atoms with van der Waals surface area (Å²) in [6.07, 6.45) is 0.276. The van der Waals surface area contributed by atoms with Gasteiger partial charge in [0.25, 0.3) is 0 Å². The van der Waals surface area contributed by atoms with E-state index in [1.54, 1.807) is 20.1 Å². The zero-order valence-electron chi connectivity index (χ0n) is 12.0. The molecule has 112 valence electrons. The molecule has 0 aliphatic carbocycles. The van der Waals surface area contributed by atoms with E-state index in [1.807, 2.05) is 24.3 Å². The van der Waals surface area contributed by atoms with Crippen LogP contribution in [-0.4, -0.2) is 30.9 Å². The highest BCUT2D eigenvalue weighted by molar-refractivity contribution is 5.75. The van der Waals surface area contributed by atoms with Gasteiger partial charge in [-0.1, -0.05) is 5.16 Å². The molecule has 0 spiro atoms. The van der Waals surface area contributed by atoms with Crippen LogP contribution in [0.1, 0.15) is 12.6 Å². The van der Waals surface area contributed by atoms with Crippen LogP contribution in [0.15, 0.2) is 34.9 Å². The third kappa shape index (κ3) is 3.82. The highest BCUT2D eigenvalue weighted by atomic mass is 16.5. The number of nitrogens with zero attached hydrogens (tertiary/aromatic N) is 1. The first-order valence-corrected chi connectivity index (χ1v) is 6.66. The van der Waals surface area contributed by atoms with Crippen LogP contribution < -0.4 is 10.5 Å². The number of benzene rings is 1. The summed E-state index contributed by atoms with van der Waals surface area (Å²) >= 11 is 0. The van der Waals surface area contributed by atoms with Gasteiger partial charge in [-0.25, -0.2) is 0 Å². The van der Waals surface area contributed by atoms with Crippen LogP contribution in [0, 0.1) is 0 Å². The van der Waals surface area contributed by atoms with Gasteiger partial charge in [0.15, 0.2) is 5.76 Å². The standard InChI is InChI=1S/C15H18N2O4/c1-3-20-15(18)13(16)8-11-9-14(21-17-11)10-4-6-12(19-2)7-5-10/h4-7,9,13H,3,8,16H2,1-2H3. The van der Waals surface area contributed by atoms with Gasteiger partial charge in [0.2, 0.25) is 0 Å². The number of hydrogen-bond acceptors (Lipinski definition) is 6. The molecule has 0 saturated carbocycles. The van der Waals surface area contributed by atoms with Crippen molar-refractivity contribution in [2.24, 2.45) is 5.73 Å². The van der Waals surface area contributed by atoms with Gasteiger partial charge in [0.05, 0.1) is 19.4 Å². The molecule has 21 heavy (non-hydrogen) atoms. The predicted molar refractivity (Wildman–Crippen MR) is 76.8 cm³/mol. The van der Waals surface area contributed by atoms with Crippen molar-refractivity contribution in [2.75, 3.05) is 13.7 Å². The second kappa shape index (κ2) is 6.90. The number of ether oxygens (including phenoxy) is 2. The number of aromatic nitrogens is 1. The molecule has 1 heterocycles. The zero-order chi connectivity index (χ0) is 15.2. The summed E-state index contributed by atoms with van der Waals surface area (Å²) in [4.78, 5) is 11.5. The van der Waals surface area contributed by atoms with Crippen LogP contribution in [-0.2, 0) is 16.0 Å². The van der Waals surface area contributed by atoms with Crippen molar-refractivity contribution in [2.45, 2.75) is 19.4 Å². The Morgan fingerprint density at radius 1 is 1.38 bits per heavy atom. The molecule has 1 unspecified atom stereocenters. The van der Waals surface area contributed by atoms with Crippen LogP contribution in [0.3, 0.4) is 0 Å². The summed E-state index contributed by atoms with van der Waals surface area (Å²) in [7, 11) is 1.61. The van der Waals surface area contributed by atoms with Gasteiger partial charge < -0.3 is 19.7 Å². The van der Waals surface area contributed by atoms with Crippen LogP contribution in [0.25, 0.3) is 11.3 Å². The first-order chi connectivity index (χ1) is 10.1. The van der Waals surface area contributed by atoms with Crippen molar-refractivity contribution >= 4 is 5.97 Å². The van der Waals surface area contributed by atoms with Crippen molar-refractivity contribution in [1.82, 2.24) is 5.16 Å². The Morgan fingerprint density at radius 3 is 2.71 bits per heavy atom. The summed E-state index contributed by atoms with van der Waals surface area (Å²) in [5.74, 6) is 0.943. The van der Waals surface area contributed by atoms with Gasteiger partial charge in [-0.3, -0.25) is 4.79 Å². The molecule has 2 N–H and O–H groups in total. The zero-order valence-corrected chi connectivity index (χ0v) is 12.0. The van der Waals surface area contributed by atoms with Gasteiger partial charge in [-0.05, 0) is 31.2 Å². The highest BCUT2D eigenvalue weighted by Crippen LogP contribution is 2.23. The van der Waals surface area contributed by atoms with E-state index >= 15 is 0 Å². The first kappa shape index (κ1) is 15.1. The topological polar surface area (TPSA) is 87.6 Å². The van der Waals surface area contributed by atoms with E-state index in [0.717, 1.165) is 11.3 Å². The third-order valence-corrected chi connectivity index (χ3v) is 2.95. The molecule has 0 fully saturated rings. The smallest absolute Gasteiger partial charge is 0.323 e. The van der Waals surface area contributed by atoms with Crippen molar-refractivity contribution < 1.29 is 18.8 Å². The Hall–Kier alpha value is -2.34. The van der Waals surface area contributed by atoms with E-state index in [2.05, 4.69) is 5.16 Å². The minimum atomic E-state index is -0.737. The molecule has 0 aliphatic heterocycles. The largest absolute Gasteiger partial charge is 0.497 e. The Labute approximate surface area is 122 Å². The molecule has 0 radical (unpaired) electrons. The summed E-state index contributed by atoms with van der Waals surface area (Å²) in [5.41, 5.74) is 7.24. The normalized spacial score (nSPS) is 12.0. The maximum Gasteiger partial charge on any atom is 0.323 e. The fourth-order valence-electron chi connectivity index (χ4n) is 1.86. The van der Waals surface area contributed by atoms with Crippen molar-refractivity contribution in [3.8, 4) is 17.1 Å². The van der Waals surface area contributed by atoms with E-state index in [4.69, 9.17) is 19.7 Å². The molecular weight excluding hydrogens is 272 g/mol. The van der Waals surface area contributed by atoms with E-state index < -0.39 is 12.0 Å². The molecule has 0 amide bonds. The summed E-state index contributed by atoms with van der Waals surface area (Å²) in [6.45, 7) is 2.05. The molecule has 1 atom stereocenters. The molecule has 6 nitrogen and oxygen atoms in total. The summed E-state index contributed by atoms with van der Waals surface area (Å²) in [5, 5.41) is 3.92. The minimum absolute atomic E-state index is 0.276. The predicted octanol–water partition coefficient (Wildman–Crippen LogP) is 1.78. The van der Waals surface area contributed by atoms with Gasteiger partial charge in [0, 0.05) is 18.1 Å². The van der Waals surface area contributed by atoms with E-state index in [0.29, 0.717) is 18.1 Å². The maximum absolute atomic E-state index is 11.5. The fraction of sp³-hybridized carbons (Fsp3) is 0.333. The number of methoxy groups -OCH3 is 1. The average Bonchev–Trinajstić information content (AvgIpc) is 2.96. The van der Waals surface area contributed by atoms with Crippen LogP contribution >= 0.6 is 0 Å². The number of carbonyl (C=O) groups is 1. The fourth-order valence-corrected chi connectivity index (χ4v) is 1.86. The Kier molecular flexibility index (Phi) is 4.94. The van der Waals surface area contributed by atoms with Crippen molar-refractivity contribution in [3.05, 3.63) is 36.0 Å². The Balaban J connectivity index is 2.05. The number of nitrogens with two attached hydrogens (primary N) is 1.